The first-order valence-corrected chi connectivity index (χ1v) is 7.04. The van der Waals surface area contributed by atoms with Crippen molar-refractivity contribution in [2.75, 3.05) is 13.6 Å². The molecule has 0 aliphatic carbocycles. The fourth-order valence-corrected chi connectivity index (χ4v) is 1.99. The van der Waals surface area contributed by atoms with Crippen molar-refractivity contribution in [3.05, 3.63) is 35.9 Å². The number of likely N-dealkylation sites (N-methyl/N-ethyl adjacent to an activating group) is 1. The Bertz CT molecular complexity index is 486. The summed E-state index contributed by atoms with van der Waals surface area (Å²) in [4.78, 5) is 25.3. The number of amides is 2. The van der Waals surface area contributed by atoms with Crippen LogP contribution in [0.5, 0.6) is 0 Å². The second-order valence-corrected chi connectivity index (χ2v) is 6.29. The Balaban J connectivity index is 0.00000441. The summed E-state index contributed by atoms with van der Waals surface area (Å²) in [6, 6.07) is 8.96. The van der Waals surface area contributed by atoms with E-state index in [1.807, 2.05) is 51.1 Å². The third-order valence-electron chi connectivity index (χ3n) is 2.89. The van der Waals surface area contributed by atoms with Gasteiger partial charge in [-0.05, 0) is 32.8 Å². The van der Waals surface area contributed by atoms with Crippen LogP contribution in [0.3, 0.4) is 0 Å². The van der Waals surface area contributed by atoms with Crippen molar-refractivity contribution in [2.45, 2.75) is 38.8 Å². The number of nitrogens with zero attached hydrogens (tertiary/aromatic N) is 1. The Labute approximate surface area is 138 Å². The van der Waals surface area contributed by atoms with E-state index < -0.39 is 6.04 Å². The van der Waals surface area contributed by atoms with E-state index in [4.69, 9.17) is 5.73 Å². The molecule has 0 aliphatic rings. The monoisotopic (exact) mass is 327 g/mol. The molecule has 0 saturated carbocycles. The van der Waals surface area contributed by atoms with Crippen LogP contribution in [0.2, 0.25) is 0 Å². The lowest BCUT2D eigenvalue weighted by Crippen LogP contribution is -2.49. The third-order valence-corrected chi connectivity index (χ3v) is 2.89. The number of hydrogen-bond donors (Lipinski definition) is 2. The number of benzene rings is 1. The van der Waals surface area contributed by atoms with E-state index in [0.29, 0.717) is 6.42 Å². The molecular weight excluding hydrogens is 302 g/mol. The minimum absolute atomic E-state index is 0. The van der Waals surface area contributed by atoms with E-state index in [1.165, 1.54) is 4.90 Å². The molecule has 22 heavy (non-hydrogen) atoms. The molecule has 124 valence electrons. The highest BCUT2D eigenvalue weighted by molar-refractivity contribution is 5.87. The molecule has 3 N–H and O–H groups in total. The van der Waals surface area contributed by atoms with Gasteiger partial charge in [0.25, 0.3) is 0 Å². The van der Waals surface area contributed by atoms with Gasteiger partial charge in [0.15, 0.2) is 0 Å². The molecule has 1 aromatic rings. The summed E-state index contributed by atoms with van der Waals surface area (Å²) >= 11 is 0. The lowest BCUT2D eigenvalue weighted by atomic mass is 10.1. The zero-order chi connectivity index (χ0) is 16.0. The number of carbonyl (C=O) groups is 2. The average molecular weight is 328 g/mol. The topological polar surface area (TPSA) is 75.4 Å². The first kappa shape index (κ1) is 20.4. The Morgan fingerprint density at radius 1 is 1.23 bits per heavy atom. The van der Waals surface area contributed by atoms with Crippen molar-refractivity contribution in [1.29, 1.82) is 0 Å². The van der Waals surface area contributed by atoms with Gasteiger partial charge in [-0.25, -0.2) is 0 Å². The molecule has 5 nitrogen and oxygen atoms in total. The van der Waals surface area contributed by atoms with Crippen LogP contribution in [-0.2, 0) is 16.0 Å². The molecule has 0 saturated heterocycles. The lowest BCUT2D eigenvalue weighted by molar-refractivity contribution is -0.136. The van der Waals surface area contributed by atoms with E-state index >= 15 is 0 Å². The lowest BCUT2D eigenvalue weighted by Gasteiger charge is -2.25. The van der Waals surface area contributed by atoms with Crippen molar-refractivity contribution in [1.82, 2.24) is 10.2 Å². The minimum Gasteiger partial charge on any atom is -0.350 e. The van der Waals surface area contributed by atoms with E-state index in [-0.39, 0.29) is 36.3 Å². The zero-order valence-corrected chi connectivity index (χ0v) is 14.4. The Hall–Kier alpha value is -1.59. The van der Waals surface area contributed by atoms with Crippen LogP contribution in [0.4, 0.5) is 0 Å². The maximum absolute atomic E-state index is 12.2. The van der Waals surface area contributed by atoms with Crippen LogP contribution in [0, 0.1) is 0 Å². The molecule has 0 radical (unpaired) electrons. The molecule has 0 unspecified atom stereocenters. The average Bonchev–Trinajstić information content (AvgIpc) is 2.36. The van der Waals surface area contributed by atoms with Gasteiger partial charge in [-0.3, -0.25) is 9.59 Å². The molecule has 6 heteroatoms. The number of rotatable bonds is 5. The van der Waals surface area contributed by atoms with E-state index in [2.05, 4.69) is 5.32 Å². The number of nitrogens with two attached hydrogens (primary N) is 1. The first-order chi connectivity index (χ1) is 9.69. The zero-order valence-electron chi connectivity index (χ0n) is 13.6. The maximum Gasteiger partial charge on any atom is 0.240 e. The molecule has 1 atom stereocenters. The molecular formula is C16H26ClN3O2. The van der Waals surface area contributed by atoms with Crippen molar-refractivity contribution in [3.8, 4) is 0 Å². The van der Waals surface area contributed by atoms with Gasteiger partial charge in [-0.1, -0.05) is 30.3 Å². The number of carbonyl (C=O) groups excluding carboxylic acids is 2. The second-order valence-electron chi connectivity index (χ2n) is 6.29. The van der Waals surface area contributed by atoms with Crippen LogP contribution in [0.1, 0.15) is 26.3 Å². The highest BCUT2D eigenvalue weighted by Crippen LogP contribution is 2.04. The molecule has 0 bridgehead atoms. The van der Waals surface area contributed by atoms with Crippen LogP contribution in [0.15, 0.2) is 30.3 Å². The summed E-state index contributed by atoms with van der Waals surface area (Å²) in [5, 5.41) is 2.82. The van der Waals surface area contributed by atoms with Gasteiger partial charge < -0.3 is 16.0 Å². The van der Waals surface area contributed by atoms with Crippen LogP contribution < -0.4 is 11.1 Å². The van der Waals surface area contributed by atoms with Crippen molar-refractivity contribution < 1.29 is 9.59 Å². The fourth-order valence-electron chi connectivity index (χ4n) is 1.99. The third kappa shape index (κ3) is 7.43. The largest absolute Gasteiger partial charge is 0.350 e. The van der Waals surface area contributed by atoms with Gasteiger partial charge in [0.1, 0.15) is 0 Å². The molecule has 1 aromatic carbocycles. The van der Waals surface area contributed by atoms with E-state index in [9.17, 15) is 9.59 Å². The summed E-state index contributed by atoms with van der Waals surface area (Å²) in [7, 11) is 1.59. The summed E-state index contributed by atoms with van der Waals surface area (Å²) in [6.07, 6.45) is 0.463. The Morgan fingerprint density at radius 3 is 2.27 bits per heavy atom. The van der Waals surface area contributed by atoms with Crippen molar-refractivity contribution in [3.63, 3.8) is 0 Å². The molecule has 0 heterocycles. The number of halogens is 1. The summed E-state index contributed by atoms with van der Waals surface area (Å²) in [5.41, 5.74) is 6.62. The predicted molar refractivity (Wildman–Crippen MR) is 90.9 cm³/mol. The molecule has 2 amide bonds. The van der Waals surface area contributed by atoms with Gasteiger partial charge in [0.2, 0.25) is 11.8 Å². The molecule has 0 aliphatic heterocycles. The summed E-state index contributed by atoms with van der Waals surface area (Å²) in [5.74, 6) is -0.423. The fraction of sp³-hybridized carbons (Fsp3) is 0.500. The molecule has 0 aromatic heterocycles. The first-order valence-electron chi connectivity index (χ1n) is 7.04. The summed E-state index contributed by atoms with van der Waals surface area (Å²) < 4.78 is 0. The molecule has 1 rings (SSSR count). The van der Waals surface area contributed by atoms with Gasteiger partial charge in [-0.15, -0.1) is 12.4 Å². The SMILES string of the molecule is CN(CC(=O)NC(C)(C)C)C(=O)[C@@H](N)Cc1ccccc1.Cl. The predicted octanol–water partition coefficient (Wildman–Crippen LogP) is 1.35. The van der Waals surface area contributed by atoms with E-state index in [1.54, 1.807) is 7.05 Å². The van der Waals surface area contributed by atoms with Crippen molar-refractivity contribution >= 4 is 24.2 Å². The Kier molecular flexibility index (Phi) is 8.12. The summed E-state index contributed by atoms with van der Waals surface area (Å²) in [6.45, 7) is 5.70. The van der Waals surface area contributed by atoms with Crippen LogP contribution in [0.25, 0.3) is 0 Å². The number of hydrogen-bond acceptors (Lipinski definition) is 3. The van der Waals surface area contributed by atoms with Crippen molar-refractivity contribution in [2.24, 2.45) is 5.73 Å². The smallest absolute Gasteiger partial charge is 0.240 e. The quantitative estimate of drug-likeness (QED) is 0.857. The van der Waals surface area contributed by atoms with Gasteiger partial charge in [-0.2, -0.15) is 0 Å². The number of nitrogens with one attached hydrogen (secondary N) is 1. The maximum atomic E-state index is 12.2. The molecule has 0 fully saturated rings. The minimum atomic E-state index is -0.639. The van der Waals surface area contributed by atoms with E-state index in [0.717, 1.165) is 5.56 Å². The second kappa shape index (κ2) is 8.76. The van der Waals surface area contributed by atoms with Gasteiger partial charge >= 0.3 is 0 Å². The standard InChI is InChI=1S/C16H25N3O2.ClH/c1-16(2,3)18-14(20)11-19(4)15(21)13(17)10-12-8-6-5-7-9-12;/h5-9,13H,10-11,17H2,1-4H3,(H,18,20);1H/t13-;/m0./s1. The highest BCUT2D eigenvalue weighted by Gasteiger charge is 2.22. The molecule has 0 spiro atoms. The highest BCUT2D eigenvalue weighted by atomic mass is 35.5. The van der Waals surface area contributed by atoms with Crippen LogP contribution >= 0.6 is 12.4 Å². The van der Waals surface area contributed by atoms with Crippen LogP contribution in [-0.4, -0.2) is 41.9 Å². The van der Waals surface area contributed by atoms with Gasteiger partial charge in [0, 0.05) is 12.6 Å². The normalized spacial score (nSPS) is 12.0. The van der Waals surface area contributed by atoms with Gasteiger partial charge in [0.05, 0.1) is 12.6 Å². The Morgan fingerprint density at radius 2 is 1.77 bits per heavy atom.